The van der Waals surface area contributed by atoms with E-state index in [1.54, 1.807) is 11.9 Å². The minimum absolute atomic E-state index is 0. The van der Waals surface area contributed by atoms with E-state index >= 15 is 0 Å². The quantitative estimate of drug-likeness (QED) is 0.0272. The Kier molecular flexibility index (Phi) is 43.1. The summed E-state index contributed by atoms with van der Waals surface area (Å²) < 4.78 is 15.1. The van der Waals surface area contributed by atoms with Gasteiger partial charge in [-0.2, -0.15) is 0 Å². The minimum Gasteiger partial charge on any atom is -0.870 e. The summed E-state index contributed by atoms with van der Waals surface area (Å²) in [5.74, 6) is 12.2. The molecule has 15 heteroatoms. The van der Waals surface area contributed by atoms with E-state index in [4.69, 9.17) is 14.6 Å². The number of ether oxygens (including phenoxy) is 3. The van der Waals surface area contributed by atoms with Crippen molar-refractivity contribution < 1.29 is 102 Å². The van der Waals surface area contributed by atoms with Crippen LogP contribution in [0.2, 0.25) is 0 Å². The number of aliphatic hydroxyl groups excluding tert-OH is 1. The molecule has 12 aliphatic rings. The summed E-state index contributed by atoms with van der Waals surface area (Å²) in [6, 6.07) is 0. The first-order valence-corrected chi connectivity index (χ1v) is 42.5. The molecule has 12 rings (SSSR count). The van der Waals surface area contributed by atoms with Gasteiger partial charge in [0.25, 0.3) is 5.97 Å². The molecule has 0 bridgehead atoms. The Morgan fingerprint density at radius 2 is 0.745 bits per heavy atom. The van der Waals surface area contributed by atoms with Crippen molar-refractivity contribution in [2.24, 2.45) is 139 Å². The molecule has 0 amide bonds. The predicted molar refractivity (Wildman–Crippen MR) is 441 cm³/mol. The zero-order valence-corrected chi connectivity index (χ0v) is 70.6. The fourth-order valence-corrected chi connectivity index (χ4v) is 27.0. The van der Waals surface area contributed by atoms with E-state index in [0.29, 0.717) is 21.7 Å². The summed E-state index contributed by atoms with van der Waals surface area (Å²) in [6.07, 6.45) is 50.4. The van der Waals surface area contributed by atoms with Crippen molar-refractivity contribution in [1.82, 2.24) is 0 Å². The molecule has 0 aromatic carbocycles. The third-order valence-electron chi connectivity index (χ3n) is 32.2. The molecule has 0 spiro atoms. The van der Waals surface area contributed by atoms with Crippen LogP contribution in [-0.2, 0) is 43.0 Å². The molecule has 0 aromatic rings. The molecule has 0 radical (unpaired) electrons. The molecule has 0 aliphatic heterocycles. The standard InChI is InChI=1S/C30H48O4.C30H47O3.C27H46O.C4H6O3.4CH4.2Li.2H2O/c1-19(2)7-6-8-20(3)24-11-12-25-23-10-9-21-17-22(34-28(33)18-27(31)32)13-15-29(21,4)26(23)14-16-30(24,25)5;1-20(2)7-6-8-21(3)25-11-12-26-24-10-9-22-19-23(33-28(32)15-18-31)13-16-29(22,4)27(24)14-17-30(25,26)5;1-18(2)7-6-8-19(3)23-11-12-24-22-10-9-20-17-21(28)13-15-26(20,4)25(22)14-16-27(23,24)5;1-3(5)7-4(2)6;;;;;;;;/h9,19-20,22-26H,6-8,10-18H2,1-5H3,(H,31,32);9,20-21,23-27H,6-8,10-17,19H2,1-5H3;9,18-19,21-25,28H,6-8,10-17H2,1-5H3;1-2H3;4*1H4;;;2*1H2/q;-1;;;;;;;2*+1;;/p-2/t20-,22+,23+,24-,25+,26+,29+,30-;21-,23+,24+,25-,26+,27+,29+,30-;19-,21+,22+,23-,24+,25+,26+,27-;;;;;;;;;/m111........./s1. The van der Waals surface area contributed by atoms with Crippen molar-refractivity contribution in [3.63, 3.8) is 0 Å². The Morgan fingerprint density at radius 1 is 0.436 bits per heavy atom. The van der Waals surface area contributed by atoms with E-state index in [2.05, 4.69) is 127 Å². The van der Waals surface area contributed by atoms with Gasteiger partial charge in [0.15, 0.2) is 0 Å². The fraction of sp³-hybridized carbons (Fsp3) is 0.874. The number of allylic oxidation sites excluding steroid dienone is 3. The van der Waals surface area contributed by atoms with Crippen LogP contribution in [0.4, 0.5) is 0 Å². The first kappa shape index (κ1) is 106. The number of carboxylic acid groups (broad SMARTS) is 1. The van der Waals surface area contributed by atoms with Crippen LogP contribution in [0.5, 0.6) is 0 Å². The van der Waals surface area contributed by atoms with E-state index in [1.807, 2.05) is 0 Å². The molecule has 0 saturated heterocycles. The zero-order chi connectivity index (χ0) is 74.4. The molecule has 13 nitrogen and oxygen atoms in total. The third kappa shape index (κ3) is 23.7. The molecule has 0 aromatic heterocycles. The molecule has 12 aliphatic carbocycles. The number of hydrogen-bond acceptors (Lipinski definition) is 12. The van der Waals surface area contributed by atoms with Gasteiger partial charge in [-0.25, -0.2) is 0 Å². The van der Waals surface area contributed by atoms with Crippen LogP contribution in [0.1, 0.15) is 372 Å². The van der Waals surface area contributed by atoms with Crippen LogP contribution in [0.25, 0.3) is 0 Å². The second-order valence-corrected chi connectivity index (χ2v) is 39.5. The largest absolute Gasteiger partial charge is 1.00 e. The van der Waals surface area contributed by atoms with E-state index in [-0.39, 0.29) is 114 Å². The Labute approximate surface area is 697 Å². The van der Waals surface area contributed by atoms with Gasteiger partial charge in [-0.3, -0.25) is 30.3 Å². The summed E-state index contributed by atoms with van der Waals surface area (Å²) in [4.78, 5) is 64.7. The summed E-state index contributed by atoms with van der Waals surface area (Å²) >= 11 is 0. The average molecular weight is 1530 g/mol. The van der Waals surface area contributed by atoms with Crippen molar-refractivity contribution >= 4 is 36.1 Å². The number of rotatable bonds is 21. The van der Waals surface area contributed by atoms with Gasteiger partial charge in [0.2, 0.25) is 0 Å². The summed E-state index contributed by atoms with van der Waals surface area (Å²) in [5.41, 5.74) is 7.14. The van der Waals surface area contributed by atoms with E-state index in [9.17, 15) is 33.9 Å². The summed E-state index contributed by atoms with van der Waals surface area (Å²) in [6.45, 7) is 39.7. The van der Waals surface area contributed by atoms with Gasteiger partial charge in [-0.05, 0) is 280 Å². The molecule has 4 N–H and O–H groups in total. The van der Waals surface area contributed by atoms with Crippen LogP contribution in [0, 0.1) is 139 Å². The SMILES string of the molecule is C.C.C.C.CC(=O)OC(C)=O.CC(C)CCC[C@@H](C)[C@H]1CC[C@H]2[C@@H]3CC=C4C[C@@H](O)CC[C@]4(C)[C@H]3CC[C@]12C.CC(C)CCC[C@@H](C)[C@H]1CC[C@H]2[C@@H]3CC=C4C[C@@H](OC(=O)CC(=O)O)CC[C@]4(C)[C@H]3CC[C@]12C.CC(C)CCC[C@@H](C)[C@H]1CC[C@H]2[C@@H]3CC=C4C[C@@H](OC(=O)C[C-]=O)CC[C@]4(C)[C@H]3CC[C@]12C.[Li+].[Li+].[OH-].[OH-]. The number of hydrogen-bond donors (Lipinski definition) is 2. The van der Waals surface area contributed by atoms with E-state index in [1.165, 1.54) is 186 Å². The number of aliphatic hydroxyl groups is 1. The molecular formula is C95H165Li2O13-. The smallest absolute Gasteiger partial charge is 0.870 e. The van der Waals surface area contributed by atoms with Gasteiger partial charge >= 0.3 is 61.6 Å². The molecule has 626 valence electrons. The summed E-state index contributed by atoms with van der Waals surface area (Å²) in [7, 11) is 0. The van der Waals surface area contributed by atoms with Crippen molar-refractivity contribution in [2.45, 2.75) is 390 Å². The number of carbonyl (C=O) groups is 5. The zero-order valence-electron chi connectivity index (χ0n) is 70.6. The van der Waals surface area contributed by atoms with Gasteiger partial charge in [0.05, 0.1) is 6.10 Å². The van der Waals surface area contributed by atoms with Crippen LogP contribution in [0.15, 0.2) is 34.9 Å². The second-order valence-electron chi connectivity index (χ2n) is 39.5. The van der Waals surface area contributed by atoms with E-state index < -0.39 is 36.3 Å². The molecule has 0 unspecified atom stereocenters. The van der Waals surface area contributed by atoms with E-state index in [0.717, 1.165) is 158 Å². The van der Waals surface area contributed by atoms with Gasteiger partial charge < -0.3 is 40.2 Å². The van der Waals surface area contributed by atoms with Crippen LogP contribution in [0.3, 0.4) is 0 Å². The van der Waals surface area contributed by atoms with Crippen LogP contribution < -0.4 is 37.7 Å². The normalized spacial score (nSPS) is 37.0. The van der Waals surface area contributed by atoms with Gasteiger partial charge in [0.1, 0.15) is 18.6 Å². The number of esters is 4. The monoisotopic (exact) mass is 1530 g/mol. The fourth-order valence-electron chi connectivity index (χ4n) is 27.0. The minimum atomic E-state index is -1.11. The van der Waals surface area contributed by atoms with Crippen molar-refractivity contribution in [3.05, 3.63) is 34.9 Å². The molecule has 110 heavy (non-hydrogen) atoms. The Bertz CT molecular complexity index is 2960. The molecule has 24 atom stereocenters. The average Bonchev–Trinajstić information content (AvgIpc) is 1.44. The topological polar surface area (TPSA) is 231 Å². The number of carbonyl (C=O) groups excluding carboxylic acids is 5. The van der Waals surface area contributed by atoms with Gasteiger partial charge in [0, 0.05) is 26.7 Å². The Balaban J connectivity index is 0.000000765. The van der Waals surface area contributed by atoms with Gasteiger partial charge in [-0.1, -0.05) is 233 Å². The maximum absolute atomic E-state index is 11.9. The Morgan fingerprint density at radius 3 is 1.04 bits per heavy atom. The number of fused-ring (bicyclic) bond motifs is 15. The van der Waals surface area contributed by atoms with Gasteiger partial charge in [-0.15, -0.1) is 0 Å². The predicted octanol–water partition coefficient (Wildman–Crippen LogP) is 18.5. The summed E-state index contributed by atoms with van der Waals surface area (Å²) in [5, 5.41) is 19.1. The van der Waals surface area contributed by atoms with Crippen LogP contribution in [-0.4, -0.2) is 75.6 Å². The Hall–Kier alpha value is -2.49. The molecular weight excluding hydrogens is 1360 g/mol. The maximum Gasteiger partial charge on any atom is 1.00 e. The molecule has 0 heterocycles. The third-order valence-corrected chi connectivity index (χ3v) is 32.2. The first-order valence-electron chi connectivity index (χ1n) is 42.5. The van der Waals surface area contributed by atoms with Crippen molar-refractivity contribution in [1.29, 1.82) is 0 Å². The molecule has 9 saturated carbocycles. The molecule has 9 fully saturated rings. The van der Waals surface area contributed by atoms with Crippen molar-refractivity contribution in [2.75, 3.05) is 0 Å². The number of carboxylic acids is 1. The van der Waals surface area contributed by atoms with Crippen molar-refractivity contribution in [3.8, 4) is 0 Å². The van der Waals surface area contributed by atoms with Crippen LogP contribution >= 0.6 is 0 Å². The second kappa shape index (κ2) is 44.9. The first-order chi connectivity index (χ1) is 48.1. The number of aliphatic carboxylic acids is 1. The maximum atomic E-state index is 11.9.